The minimum absolute atomic E-state index is 1.05. The van der Waals surface area contributed by atoms with Crippen LogP contribution >= 0.6 is 0 Å². The molecule has 0 spiro atoms. The van der Waals surface area contributed by atoms with Crippen LogP contribution in [0.25, 0.3) is 165 Å². The Bertz CT molecular complexity index is 6910. The molecule has 20 aromatic rings. The number of para-hydroxylation sites is 4. The van der Waals surface area contributed by atoms with Crippen molar-refractivity contribution in [2.75, 3.05) is 9.80 Å². The Morgan fingerprint density at radius 1 is 0.125 bits per heavy atom. The summed E-state index contributed by atoms with van der Waals surface area (Å²) in [5.74, 6) is 0. The molecular formula is C110H74N2. The van der Waals surface area contributed by atoms with Crippen LogP contribution in [0.3, 0.4) is 0 Å². The van der Waals surface area contributed by atoms with E-state index in [9.17, 15) is 0 Å². The predicted molar refractivity (Wildman–Crippen MR) is 478 cm³/mol. The lowest BCUT2D eigenvalue weighted by molar-refractivity contribution is 1.28. The van der Waals surface area contributed by atoms with E-state index < -0.39 is 0 Å². The van der Waals surface area contributed by atoms with Gasteiger partial charge in [-0.2, -0.15) is 0 Å². The maximum Gasteiger partial charge on any atom is 0.0546 e. The van der Waals surface area contributed by atoms with Crippen molar-refractivity contribution < 1.29 is 0 Å². The summed E-state index contributed by atoms with van der Waals surface area (Å²) in [6.07, 6.45) is 0. The summed E-state index contributed by atoms with van der Waals surface area (Å²) in [6.45, 7) is 0. The molecule has 20 rings (SSSR count). The third-order valence-electron chi connectivity index (χ3n) is 22.5. The zero-order valence-electron chi connectivity index (χ0n) is 61.6. The number of fused-ring (bicyclic) bond motifs is 6. The molecule has 0 aliphatic carbocycles. The molecule has 20 aromatic carbocycles. The largest absolute Gasteiger partial charge is 0.309 e. The highest BCUT2D eigenvalue weighted by atomic mass is 15.2. The molecule has 0 atom stereocenters. The van der Waals surface area contributed by atoms with Crippen LogP contribution in [0.4, 0.5) is 34.1 Å². The van der Waals surface area contributed by atoms with Crippen molar-refractivity contribution in [2.45, 2.75) is 0 Å². The van der Waals surface area contributed by atoms with E-state index in [1.165, 1.54) is 82.0 Å². The summed E-state index contributed by atoms with van der Waals surface area (Å²) in [7, 11) is 0. The fraction of sp³-hybridized carbons (Fsp3) is 0. The molecule has 2 nitrogen and oxygen atoms in total. The molecule has 112 heavy (non-hydrogen) atoms. The maximum absolute atomic E-state index is 2.54. The highest BCUT2D eigenvalue weighted by molar-refractivity contribution is 6.15. The van der Waals surface area contributed by atoms with E-state index in [0.717, 1.165) is 117 Å². The van der Waals surface area contributed by atoms with Crippen molar-refractivity contribution in [3.63, 3.8) is 0 Å². The molecule has 0 aromatic heterocycles. The lowest BCUT2D eigenvalue weighted by atomic mass is 9.88. The van der Waals surface area contributed by atoms with Crippen LogP contribution < -0.4 is 9.80 Å². The molecule has 0 bridgehead atoms. The Kier molecular flexibility index (Phi) is 17.3. The van der Waals surface area contributed by atoms with Gasteiger partial charge in [-0.15, -0.1) is 0 Å². The summed E-state index contributed by atoms with van der Waals surface area (Å²) in [5, 5.41) is 12.0. The number of hydrogen-bond acceptors (Lipinski definition) is 2. The number of benzene rings is 20. The molecule has 0 saturated carbocycles. The third kappa shape index (κ3) is 12.3. The van der Waals surface area contributed by atoms with Gasteiger partial charge in [-0.3, -0.25) is 0 Å². The Balaban J connectivity index is 0.769. The molecule has 0 aliphatic heterocycles. The molecule has 0 amide bonds. The van der Waals surface area contributed by atoms with Crippen molar-refractivity contribution in [2.24, 2.45) is 0 Å². The smallest absolute Gasteiger partial charge is 0.0546 e. The second kappa shape index (κ2) is 29.1. The normalized spacial score (nSPS) is 11.4. The van der Waals surface area contributed by atoms with Gasteiger partial charge in [0.15, 0.2) is 0 Å². The second-order valence-electron chi connectivity index (χ2n) is 28.9. The second-order valence-corrected chi connectivity index (χ2v) is 28.9. The van der Waals surface area contributed by atoms with Crippen LogP contribution in [0.1, 0.15) is 0 Å². The lowest BCUT2D eigenvalue weighted by Gasteiger charge is -2.32. The summed E-state index contributed by atoms with van der Waals surface area (Å²) in [6, 6.07) is 166. The first-order chi connectivity index (χ1) is 55.6. The standard InChI is InChI=1S/C110H74N2/c1-4-28-75(29-5-1)78-58-62-82(63-59-78)92-44-14-18-54-104(92)112(106-56-20-15-45-99(106)97-51-27-50-96-91-43-13-12-35-81(91)67-71-98(96)97)107-57-21-17-47-101(107)103-53-26-40-85-38-24-49-95(110(85)103)89-42-22-41-86(72-89)88-68-70-93(83-64-60-79(61-65-83)76-30-6-2-7-31-76)108(74-88)111(90-69-66-77-32-10-11-36-87(77)73-90)105-55-19-16-46-100(105)102-52-25-39-84-37-23-48-94(109(84)102)80-33-8-3-9-34-80/h1-74H. The van der Waals surface area contributed by atoms with Crippen molar-refractivity contribution in [3.8, 4) is 111 Å². The van der Waals surface area contributed by atoms with Crippen LogP contribution in [0.15, 0.2) is 449 Å². The molecule has 0 aliphatic rings. The van der Waals surface area contributed by atoms with Crippen LogP contribution in [-0.2, 0) is 0 Å². The summed E-state index contributed by atoms with van der Waals surface area (Å²) < 4.78 is 0. The van der Waals surface area contributed by atoms with Crippen molar-refractivity contribution in [1.82, 2.24) is 0 Å². The molecule has 0 saturated heterocycles. The van der Waals surface area contributed by atoms with E-state index in [0.29, 0.717) is 0 Å². The van der Waals surface area contributed by atoms with E-state index in [2.05, 4.69) is 459 Å². The summed E-state index contributed by atoms with van der Waals surface area (Å²) in [5.41, 5.74) is 29.2. The van der Waals surface area contributed by atoms with Gasteiger partial charge >= 0.3 is 0 Å². The Morgan fingerprint density at radius 3 is 1.05 bits per heavy atom. The minimum Gasteiger partial charge on any atom is -0.309 e. The third-order valence-corrected chi connectivity index (χ3v) is 22.5. The van der Waals surface area contributed by atoms with Crippen LogP contribution in [0, 0.1) is 0 Å². The van der Waals surface area contributed by atoms with Crippen LogP contribution in [0.2, 0.25) is 0 Å². The van der Waals surface area contributed by atoms with Gasteiger partial charge in [0, 0.05) is 33.5 Å². The van der Waals surface area contributed by atoms with Gasteiger partial charge in [0.05, 0.1) is 28.4 Å². The Hall–Kier alpha value is -14.7. The average molecular weight is 1420 g/mol. The SMILES string of the molecule is c1ccc(-c2ccc(-c3ccc(-c4cccc(-c5cccc6cccc(-c7ccccc7N(c7ccccc7-c7ccc(-c8ccccc8)cc7)c7ccccc7-c7cccc8c7ccc7ccccc78)c56)c4)cc3N(c3ccc4ccccc4c3)c3ccccc3-c3cccc4cccc(-c5ccccc5)c34)cc2)cc1. The Morgan fingerprint density at radius 2 is 0.464 bits per heavy atom. The maximum atomic E-state index is 2.54. The molecule has 0 N–H and O–H groups in total. The first-order valence-electron chi connectivity index (χ1n) is 38.6. The molecular weight excluding hydrogens is 1350 g/mol. The van der Waals surface area contributed by atoms with Crippen molar-refractivity contribution >= 4 is 88.0 Å². The number of hydrogen-bond donors (Lipinski definition) is 0. The lowest BCUT2D eigenvalue weighted by Crippen LogP contribution is -2.13. The first kappa shape index (κ1) is 66.7. The zero-order valence-corrected chi connectivity index (χ0v) is 61.6. The highest BCUT2D eigenvalue weighted by Gasteiger charge is 2.28. The highest BCUT2D eigenvalue weighted by Crippen LogP contribution is 2.53. The molecule has 2 heteroatoms. The first-order valence-corrected chi connectivity index (χ1v) is 38.6. The van der Waals surface area contributed by atoms with E-state index in [4.69, 9.17) is 0 Å². The van der Waals surface area contributed by atoms with Crippen LogP contribution in [0.5, 0.6) is 0 Å². The van der Waals surface area contributed by atoms with Gasteiger partial charge in [-0.1, -0.05) is 400 Å². The van der Waals surface area contributed by atoms with Crippen LogP contribution in [-0.4, -0.2) is 0 Å². The van der Waals surface area contributed by atoms with E-state index in [-0.39, 0.29) is 0 Å². The topological polar surface area (TPSA) is 6.48 Å². The monoisotopic (exact) mass is 1420 g/mol. The van der Waals surface area contributed by atoms with Gasteiger partial charge in [0.2, 0.25) is 0 Å². The number of anilines is 6. The van der Waals surface area contributed by atoms with E-state index in [1.54, 1.807) is 0 Å². The van der Waals surface area contributed by atoms with Gasteiger partial charge in [0.25, 0.3) is 0 Å². The van der Waals surface area contributed by atoms with E-state index >= 15 is 0 Å². The average Bonchev–Trinajstić information content (AvgIpc) is 0.752. The quantitative estimate of drug-likeness (QED) is 0.0890. The number of nitrogens with zero attached hydrogens (tertiary/aromatic N) is 2. The van der Waals surface area contributed by atoms with Crippen molar-refractivity contribution in [3.05, 3.63) is 449 Å². The van der Waals surface area contributed by atoms with Gasteiger partial charge < -0.3 is 9.80 Å². The number of rotatable bonds is 16. The minimum atomic E-state index is 1.05. The zero-order chi connectivity index (χ0) is 74.3. The van der Waals surface area contributed by atoms with Gasteiger partial charge in [-0.25, -0.2) is 0 Å². The molecule has 0 heterocycles. The molecule has 0 unspecified atom stereocenters. The molecule has 524 valence electrons. The summed E-state index contributed by atoms with van der Waals surface area (Å²) in [4.78, 5) is 5.06. The van der Waals surface area contributed by atoms with E-state index in [1.807, 2.05) is 0 Å². The van der Waals surface area contributed by atoms with Gasteiger partial charge in [0.1, 0.15) is 0 Å². The Labute approximate surface area is 653 Å². The summed E-state index contributed by atoms with van der Waals surface area (Å²) >= 11 is 0. The predicted octanol–water partition coefficient (Wildman–Crippen LogP) is 31.1. The fourth-order valence-corrected chi connectivity index (χ4v) is 17.2. The van der Waals surface area contributed by atoms with Crippen molar-refractivity contribution in [1.29, 1.82) is 0 Å². The fourth-order valence-electron chi connectivity index (χ4n) is 17.2. The molecule has 0 radical (unpaired) electrons. The molecule has 0 fully saturated rings. The van der Waals surface area contributed by atoms with Gasteiger partial charge in [-0.05, 0) is 186 Å².